The third kappa shape index (κ3) is 5.83. The molecular weight excluding hydrogens is 272 g/mol. The van der Waals surface area contributed by atoms with Gasteiger partial charge in [-0.3, -0.25) is 9.59 Å². The summed E-state index contributed by atoms with van der Waals surface area (Å²) >= 11 is 0. The molecule has 0 saturated carbocycles. The number of hydrogen-bond acceptors (Lipinski definition) is 4. The zero-order chi connectivity index (χ0) is 16.0. The number of anilines is 1. The number of aliphatic carboxylic acids is 2. The van der Waals surface area contributed by atoms with Gasteiger partial charge in [0, 0.05) is 11.7 Å². The summed E-state index contributed by atoms with van der Waals surface area (Å²) in [5, 5.41) is 20.4. The molecule has 6 heteroatoms. The highest BCUT2D eigenvalue weighted by Gasteiger charge is 2.29. The van der Waals surface area contributed by atoms with Crippen molar-refractivity contribution in [1.29, 1.82) is 0 Å². The molecular formula is C15H22N2O4. The fourth-order valence-corrected chi connectivity index (χ4v) is 2.05. The molecule has 0 aliphatic rings. The molecule has 0 unspecified atom stereocenters. The van der Waals surface area contributed by atoms with Gasteiger partial charge in [0.25, 0.3) is 0 Å². The first-order chi connectivity index (χ1) is 9.70. The molecule has 0 bridgehead atoms. The molecule has 21 heavy (non-hydrogen) atoms. The highest BCUT2D eigenvalue weighted by atomic mass is 16.4. The number of carboxylic acids is 2. The zero-order valence-electron chi connectivity index (χ0n) is 12.3. The average Bonchev–Trinajstić information content (AvgIpc) is 2.36. The first kappa shape index (κ1) is 17.0. The van der Waals surface area contributed by atoms with Crippen molar-refractivity contribution in [2.75, 3.05) is 11.9 Å². The lowest BCUT2D eigenvalue weighted by atomic mass is 9.84. The Balaban J connectivity index is 2.55. The van der Waals surface area contributed by atoms with E-state index in [1.54, 1.807) is 26.0 Å². The fourth-order valence-electron chi connectivity index (χ4n) is 2.05. The number of benzene rings is 1. The highest BCUT2D eigenvalue weighted by molar-refractivity contribution is 5.73. The van der Waals surface area contributed by atoms with Crippen LogP contribution in [0, 0.1) is 5.41 Å². The Hall–Kier alpha value is -2.08. The lowest BCUT2D eigenvalue weighted by Gasteiger charge is -2.23. The van der Waals surface area contributed by atoms with Gasteiger partial charge in [0.05, 0.1) is 5.41 Å². The van der Waals surface area contributed by atoms with E-state index in [2.05, 4.69) is 5.32 Å². The Labute approximate surface area is 124 Å². The Morgan fingerprint density at radius 2 is 1.81 bits per heavy atom. The predicted molar refractivity (Wildman–Crippen MR) is 80.3 cm³/mol. The summed E-state index contributed by atoms with van der Waals surface area (Å²) in [6.07, 6.45) is 0.970. The highest BCUT2D eigenvalue weighted by Crippen LogP contribution is 2.23. The second-order valence-corrected chi connectivity index (χ2v) is 5.80. The summed E-state index contributed by atoms with van der Waals surface area (Å²) < 4.78 is 0. The van der Waals surface area contributed by atoms with E-state index in [0.717, 1.165) is 11.3 Å². The molecule has 116 valence electrons. The molecule has 0 aliphatic heterocycles. The quantitative estimate of drug-likeness (QED) is 0.578. The second-order valence-electron chi connectivity index (χ2n) is 5.80. The molecule has 0 amide bonds. The van der Waals surface area contributed by atoms with Crippen molar-refractivity contribution in [2.24, 2.45) is 11.1 Å². The van der Waals surface area contributed by atoms with Gasteiger partial charge in [0.2, 0.25) is 0 Å². The van der Waals surface area contributed by atoms with Crippen LogP contribution in [0.15, 0.2) is 24.3 Å². The number of carbonyl (C=O) groups is 2. The van der Waals surface area contributed by atoms with Crippen molar-refractivity contribution in [1.82, 2.24) is 0 Å². The maximum Gasteiger partial charge on any atom is 0.322 e. The Bertz CT molecular complexity index is 497. The zero-order valence-corrected chi connectivity index (χ0v) is 12.3. The SMILES string of the molecule is CC(C)(C[C@H](N)Cc1ccc(NCC(=O)O)cc1)C(=O)O. The standard InChI is InChI=1S/C15H22N2O4/c1-15(2,14(20)21)8-11(16)7-10-3-5-12(6-4-10)17-9-13(18)19/h3-6,11,17H,7-9,16H2,1-2H3,(H,18,19)(H,20,21)/t11-/m1/s1. The van der Waals surface area contributed by atoms with Gasteiger partial charge in [0.1, 0.15) is 6.54 Å². The van der Waals surface area contributed by atoms with Crippen LogP contribution in [0.3, 0.4) is 0 Å². The van der Waals surface area contributed by atoms with Crippen LogP contribution >= 0.6 is 0 Å². The van der Waals surface area contributed by atoms with Crippen LogP contribution in [0.1, 0.15) is 25.8 Å². The second kappa shape index (κ2) is 7.08. The monoisotopic (exact) mass is 294 g/mol. The molecule has 0 fully saturated rings. The molecule has 1 aromatic carbocycles. The largest absolute Gasteiger partial charge is 0.481 e. The van der Waals surface area contributed by atoms with E-state index in [1.165, 1.54) is 0 Å². The molecule has 1 rings (SSSR count). The van der Waals surface area contributed by atoms with Gasteiger partial charge in [-0.05, 0) is 44.4 Å². The average molecular weight is 294 g/mol. The van der Waals surface area contributed by atoms with Crippen LogP contribution in [-0.4, -0.2) is 34.7 Å². The predicted octanol–water partition coefficient (Wildman–Crippen LogP) is 1.55. The maximum absolute atomic E-state index is 11.1. The topological polar surface area (TPSA) is 113 Å². The van der Waals surface area contributed by atoms with E-state index >= 15 is 0 Å². The van der Waals surface area contributed by atoms with Crippen LogP contribution in [0.25, 0.3) is 0 Å². The van der Waals surface area contributed by atoms with Crippen molar-refractivity contribution in [3.63, 3.8) is 0 Å². The fraction of sp³-hybridized carbons (Fsp3) is 0.467. The molecule has 6 nitrogen and oxygen atoms in total. The minimum Gasteiger partial charge on any atom is -0.481 e. The van der Waals surface area contributed by atoms with E-state index in [-0.39, 0.29) is 12.6 Å². The summed E-state index contributed by atoms with van der Waals surface area (Å²) in [6, 6.07) is 7.05. The summed E-state index contributed by atoms with van der Waals surface area (Å²) in [6.45, 7) is 3.19. The molecule has 1 atom stereocenters. The van der Waals surface area contributed by atoms with Gasteiger partial charge in [-0.1, -0.05) is 12.1 Å². The molecule has 0 aliphatic carbocycles. The van der Waals surface area contributed by atoms with Gasteiger partial charge in [-0.2, -0.15) is 0 Å². The van der Waals surface area contributed by atoms with Crippen molar-refractivity contribution >= 4 is 17.6 Å². The number of carboxylic acid groups (broad SMARTS) is 2. The van der Waals surface area contributed by atoms with E-state index in [1.807, 2.05) is 12.1 Å². The number of nitrogens with one attached hydrogen (secondary N) is 1. The number of hydrogen-bond donors (Lipinski definition) is 4. The Morgan fingerprint density at radius 1 is 1.24 bits per heavy atom. The number of nitrogens with two attached hydrogens (primary N) is 1. The normalized spacial score (nSPS) is 12.7. The molecule has 0 aromatic heterocycles. The molecule has 0 heterocycles. The van der Waals surface area contributed by atoms with Crippen LogP contribution in [0.4, 0.5) is 5.69 Å². The first-order valence-electron chi connectivity index (χ1n) is 6.74. The van der Waals surface area contributed by atoms with E-state index < -0.39 is 17.4 Å². The third-order valence-corrected chi connectivity index (χ3v) is 3.25. The summed E-state index contributed by atoms with van der Waals surface area (Å²) in [5.41, 5.74) is 6.88. The van der Waals surface area contributed by atoms with Crippen molar-refractivity contribution in [2.45, 2.75) is 32.7 Å². The van der Waals surface area contributed by atoms with Crippen molar-refractivity contribution in [3.8, 4) is 0 Å². The van der Waals surface area contributed by atoms with Crippen LogP contribution in [0.2, 0.25) is 0 Å². The minimum absolute atomic E-state index is 0.133. The van der Waals surface area contributed by atoms with Crippen LogP contribution in [0.5, 0.6) is 0 Å². The molecule has 0 saturated heterocycles. The summed E-state index contributed by atoms with van der Waals surface area (Å²) in [5.74, 6) is -1.77. The van der Waals surface area contributed by atoms with Gasteiger partial charge < -0.3 is 21.3 Å². The van der Waals surface area contributed by atoms with E-state index in [4.69, 9.17) is 15.9 Å². The molecule has 0 radical (unpaired) electrons. The van der Waals surface area contributed by atoms with E-state index in [9.17, 15) is 9.59 Å². The maximum atomic E-state index is 11.1. The Morgan fingerprint density at radius 3 is 2.29 bits per heavy atom. The van der Waals surface area contributed by atoms with Gasteiger partial charge in [-0.25, -0.2) is 0 Å². The molecule has 1 aromatic rings. The molecule has 0 spiro atoms. The lowest BCUT2D eigenvalue weighted by molar-refractivity contribution is -0.147. The minimum atomic E-state index is -0.919. The Kier molecular flexibility index (Phi) is 5.72. The van der Waals surface area contributed by atoms with E-state index in [0.29, 0.717) is 12.8 Å². The van der Waals surface area contributed by atoms with Gasteiger partial charge in [0.15, 0.2) is 0 Å². The van der Waals surface area contributed by atoms with Crippen LogP contribution in [-0.2, 0) is 16.0 Å². The molecule has 5 N–H and O–H groups in total. The summed E-state index contributed by atoms with van der Waals surface area (Å²) in [4.78, 5) is 21.5. The third-order valence-electron chi connectivity index (χ3n) is 3.25. The first-order valence-corrected chi connectivity index (χ1v) is 6.74. The van der Waals surface area contributed by atoms with Crippen LogP contribution < -0.4 is 11.1 Å². The number of rotatable bonds is 8. The van der Waals surface area contributed by atoms with Crippen molar-refractivity contribution in [3.05, 3.63) is 29.8 Å². The summed E-state index contributed by atoms with van der Waals surface area (Å²) in [7, 11) is 0. The smallest absolute Gasteiger partial charge is 0.322 e. The van der Waals surface area contributed by atoms with Gasteiger partial charge in [-0.15, -0.1) is 0 Å². The lowest BCUT2D eigenvalue weighted by Crippen LogP contribution is -2.34. The van der Waals surface area contributed by atoms with Gasteiger partial charge >= 0.3 is 11.9 Å². The van der Waals surface area contributed by atoms with Crippen molar-refractivity contribution < 1.29 is 19.8 Å².